The summed E-state index contributed by atoms with van der Waals surface area (Å²) in [4.78, 5) is 36.9. The van der Waals surface area contributed by atoms with Gasteiger partial charge >= 0.3 is 5.97 Å². The first-order valence-electron chi connectivity index (χ1n) is 11.2. The van der Waals surface area contributed by atoms with Gasteiger partial charge in [0.15, 0.2) is 10.8 Å². The Hall–Kier alpha value is -4.30. The second kappa shape index (κ2) is 9.90. The fraction of sp³-hybridized carbons (Fsp3) is 0.111. The predicted molar refractivity (Wildman–Crippen MR) is 137 cm³/mol. The average molecular weight is 483 g/mol. The zero-order chi connectivity index (χ0) is 24.2. The fourth-order valence-corrected chi connectivity index (χ4v) is 4.30. The highest BCUT2D eigenvalue weighted by Crippen LogP contribution is 2.31. The van der Waals surface area contributed by atoms with Crippen LogP contribution in [0, 0.1) is 0 Å². The van der Waals surface area contributed by atoms with E-state index in [-0.39, 0.29) is 24.2 Å². The monoisotopic (exact) mass is 482 g/mol. The molecule has 0 saturated carbocycles. The quantitative estimate of drug-likeness (QED) is 0.275. The highest BCUT2D eigenvalue weighted by Gasteiger charge is 2.21. The molecule has 5 aromatic rings. The van der Waals surface area contributed by atoms with Crippen LogP contribution in [0.3, 0.4) is 0 Å². The molecule has 0 atom stereocenters. The molecule has 1 amide bonds. The van der Waals surface area contributed by atoms with E-state index < -0.39 is 0 Å². The molecule has 0 aliphatic heterocycles. The Morgan fingerprint density at radius 3 is 2.60 bits per heavy atom. The fourth-order valence-electron chi connectivity index (χ4n) is 3.78. The number of fused-ring (bicyclic) bond motifs is 1. The number of ether oxygens (including phenoxy) is 1. The Kier molecular flexibility index (Phi) is 6.36. The van der Waals surface area contributed by atoms with Crippen LogP contribution in [-0.2, 0) is 16.1 Å². The number of carbonyl (C=O) groups is 2. The van der Waals surface area contributed by atoms with Gasteiger partial charge in [0.05, 0.1) is 5.69 Å². The number of amides is 1. The number of aromatic nitrogens is 3. The van der Waals surface area contributed by atoms with Crippen LogP contribution in [0.15, 0.2) is 78.3 Å². The molecule has 0 bridgehead atoms. The van der Waals surface area contributed by atoms with Crippen LogP contribution < -0.4 is 5.32 Å². The molecule has 0 saturated heterocycles. The third-order valence-corrected chi connectivity index (χ3v) is 6.24. The molecular formula is C27H22N4O3S. The average Bonchev–Trinajstić information content (AvgIpc) is 3.57. The van der Waals surface area contributed by atoms with E-state index in [1.165, 1.54) is 11.3 Å². The van der Waals surface area contributed by atoms with Gasteiger partial charge in [-0.05, 0) is 16.3 Å². The van der Waals surface area contributed by atoms with Gasteiger partial charge in [-0.1, -0.05) is 73.7 Å². The summed E-state index contributed by atoms with van der Waals surface area (Å²) in [7, 11) is 0. The number of rotatable bonds is 7. The lowest BCUT2D eigenvalue weighted by molar-refractivity contribution is -0.144. The number of carbonyl (C=O) groups excluding carboxylic acids is 2. The Morgan fingerprint density at radius 2 is 1.83 bits per heavy atom. The van der Waals surface area contributed by atoms with Crippen molar-refractivity contribution >= 4 is 39.1 Å². The van der Waals surface area contributed by atoms with E-state index in [0.29, 0.717) is 23.1 Å². The van der Waals surface area contributed by atoms with Gasteiger partial charge in [-0.3, -0.25) is 14.9 Å². The van der Waals surface area contributed by atoms with E-state index in [2.05, 4.69) is 15.3 Å². The van der Waals surface area contributed by atoms with Crippen LogP contribution in [-0.4, -0.2) is 26.8 Å². The molecule has 35 heavy (non-hydrogen) atoms. The Balaban J connectivity index is 1.54. The molecule has 0 fully saturated rings. The Labute approximate surface area is 205 Å². The summed E-state index contributed by atoms with van der Waals surface area (Å²) < 4.78 is 5.22. The number of hydrogen-bond donors (Lipinski definition) is 2. The smallest absolute Gasteiger partial charge is 0.305 e. The van der Waals surface area contributed by atoms with Gasteiger partial charge in [-0.15, -0.1) is 11.3 Å². The van der Waals surface area contributed by atoms with Crippen LogP contribution in [0.4, 0.5) is 5.13 Å². The molecule has 0 unspecified atom stereocenters. The number of thiazole rings is 1. The summed E-state index contributed by atoms with van der Waals surface area (Å²) in [6, 6.07) is 21.6. The number of benzene rings is 3. The van der Waals surface area contributed by atoms with Crippen LogP contribution in [0.2, 0.25) is 0 Å². The highest BCUT2D eigenvalue weighted by atomic mass is 32.1. The van der Waals surface area contributed by atoms with Gasteiger partial charge in [0.25, 0.3) is 5.91 Å². The SMILES string of the molecule is CCC(=O)OCc1ccc(-c2[nH]c(-c3cccc4ccccc34)nc2C(=O)Nc2nccs2)cc1. The molecule has 0 radical (unpaired) electrons. The van der Waals surface area contributed by atoms with Gasteiger partial charge in [0, 0.05) is 29.1 Å². The summed E-state index contributed by atoms with van der Waals surface area (Å²) in [5, 5.41) is 7.25. The molecule has 174 valence electrons. The molecule has 0 spiro atoms. The summed E-state index contributed by atoms with van der Waals surface area (Å²) in [5.41, 5.74) is 3.42. The van der Waals surface area contributed by atoms with Crippen molar-refractivity contribution in [2.75, 3.05) is 5.32 Å². The van der Waals surface area contributed by atoms with Gasteiger partial charge in [-0.25, -0.2) is 9.97 Å². The molecule has 0 aliphatic carbocycles. The Bertz CT molecular complexity index is 1490. The topological polar surface area (TPSA) is 97.0 Å². The zero-order valence-corrected chi connectivity index (χ0v) is 19.8. The summed E-state index contributed by atoms with van der Waals surface area (Å²) in [6.45, 7) is 1.96. The van der Waals surface area contributed by atoms with E-state index in [9.17, 15) is 9.59 Å². The van der Waals surface area contributed by atoms with Crippen molar-refractivity contribution in [2.24, 2.45) is 0 Å². The second-order valence-electron chi connectivity index (χ2n) is 7.84. The molecular weight excluding hydrogens is 460 g/mol. The minimum atomic E-state index is -0.348. The van der Waals surface area contributed by atoms with Gasteiger partial charge < -0.3 is 9.72 Å². The molecule has 2 heterocycles. The maximum atomic E-state index is 13.2. The van der Waals surface area contributed by atoms with Crippen LogP contribution >= 0.6 is 11.3 Å². The van der Waals surface area contributed by atoms with Crippen molar-refractivity contribution in [1.29, 1.82) is 0 Å². The second-order valence-corrected chi connectivity index (χ2v) is 8.73. The first kappa shape index (κ1) is 22.5. The standard InChI is InChI=1S/C27H22N4O3S/c1-2-22(32)34-16-17-10-12-19(13-11-17)23-24(26(33)31-27-28-14-15-35-27)30-25(29-23)21-9-5-7-18-6-3-4-8-20(18)21/h3-15H,2,16H2,1H3,(H,29,30)(H,28,31,33). The van der Waals surface area contributed by atoms with E-state index in [0.717, 1.165) is 27.5 Å². The Morgan fingerprint density at radius 1 is 1.03 bits per heavy atom. The summed E-state index contributed by atoms with van der Waals surface area (Å²) in [5.74, 6) is 0.00389. The minimum absolute atomic E-state index is 0.203. The number of H-pyrrole nitrogens is 1. The van der Waals surface area contributed by atoms with Crippen molar-refractivity contribution < 1.29 is 14.3 Å². The van der Waals surface area contributed by atoms with Crippen molar-refractivity contribution in [3.05, 3.63) is 89.6 Å². The number of aromatic amines is 1. The maximum Gasteiger partial charge on any atom is 0.305 e. The van der Waals surface area contributed by atoms with Crippen molar-refractivity contribution in [2.45, 2.75) is 20.0 Å². The number of nitrogens with one attached hydrogen (secondary N) is 2. The lowest BCUT2D eigenvalue weighted by atomic mass is 10.0. The van der Waals surface area contributed by atoms with Crippen LogP contribution in [0.1, 0.15) is 29.4 Å². The van der Waals surface area contributed by atoms with Crippen LogP contribution in [0.5, 0.6) is 0 Å². The summed E-state index contributed by atoms with van der Waals surface area (Å²) >= 11 is 1.34. The first-order valence-corrected chi connectivity index (χ1v) is 12.0. The largest absolute Gasteiger partial charge is 0.461 e. The van der Waals surface area contributed by atoms with E-state index in [4.69, 9.17) is 9.72 Å². The summed E-state index contributed by atoms with van der Waals surface area (Å²) in [6.07, 6.45) is 1.97. The number of hydrogen-bond acceptors (Lipinski definition) is 6. The van der Waals surface area contributed by atoms with E-state index >= 15 is 0 Å². The normalized spacial score (nSPS) is 10.9. The van der Waals surface area contributed by atoms with Gasteiger partial charge in [0.2, 0.25) is 0 Å². The maximum absolute atomic E-state index is 13.2. The molecule has 0 aliphatic rings. The molecule has 8 heteroatoms. The predicted octanol–water partition coefficient (Wildman–Crippen LogP) is 6.06. The number of esters is 1. The molecule has 5 rings (SSSR count). The molecule has 2 N–H and O–H groups in total. The van der Waals surface area contributed by atoms with Crippen molar-refractivity contribution in [1.82, 2.24) is 15.0 Å². The molecule has 7 nitrogen and oxygen atoms in total. The number of imidazole rings is 1. The highest BCUT2D eigenvalue weighted by molar-refractivity contribution is 7.13. The minimum Gasteiger partial charge on any atom is -0.461 e. The molecule has 3 aromatic carbocycles. The molecule has 2 aromatic heterocycles. The van der Waals surface area contributed by atoms with Crippen molar-refractivity contribution in [3.63, 3.8) is 0 Å². The third-order valence-electron chi connectivity index (χ3n) is 5.55. The lowest BCUT2D eigenvalue weighted by Gasteiger charge is -2.06. The number of nitrogens with zero attached hydrogens (tertiary/aromatic N) is 2. The third kappa shape index (κ3) is 4.83. The van der Waals surface area contributed by atoms with Gasteiger partial charge in [-0.2, -0.15) is 0 Å². The number of anilines is 1. The zero-order valence-electron chi connectivity index (χ0n) is 18.9. The van der Waals surface area contributed by atoms with Gasteiger partial charge in [0.1, 0.15) is 12.4 Å². The van der Waals surface area contributed by atoms with E-state index in [1.54, 1.807) is 18.5 Å². The van der Waals surface area contributed by atoms with E-state index in [1.807, 2.05) is 66.7 Å². The van der Waals surface area contributed by atoms with Crippen LogP contribution in [0.25, 0.3) is 33.4 Å². The first-order chi connectivity index (χ1) is 17.1. The lowest BCUT2D eigenvalue weighted by Crippen LogP contribution is -2.13. The van der Waals surface area contributed by atoms with Crippen molar-refractivity contribution in [3.8, 4) is 22.6 Å².